The largest absolute Gasteiger partial charge is 0.478 e. The topological polar surface area (TPSA) is 92.4 Å². The van der Waals surface area contributed by atoms with Crippen LogP contribution in [-0.2, 0) is 0 Å². The second kappa shape index (κ2) is 5.61. The molecule has 0 radical (unpaired) electrons. The van der Waals surface area contributed by atoms with Gasteiger partial charge in [0.15, 0.2) is 0 Å². The molecule has 1 saturated carbocycles. The van der Waals surface area contributed by atoms with Crippen molar-refractivity contribution >= 4 is 33.5 Å². The summed E-state index contributed by atoms with van der Waals surface area (Å²) in [5, 5.41) is 12.3. The number of aromatic carboxylic acids is 1. The molecule has 2 rings (SSSR count). The van der Waals surface area contributed by atoms with Gasteiger partial charge >= 0.3 is 5.97 Å². The molecular formula is C13H15BrN2O3. The summed E-state index contributed by atoms with van der Waals surface area (Å²) in [6, 6.07) is 3.20. The summed E-state index contributed by atoms with van der Waals surface area (Å²) in [7, 11) is 0. The summed E-state index contributed by atoms with van der Waals surface area (Å²) in [5.41, 5.74) is 6.26. The molecular weight excluding hydrogens is 312 g/mol. The van der Waals surface area contributed by atoms with Crippen molar-refractivity contribution in [2.45, 2.75) is 31.7 Å². The fourth-order valence-electron chi connectivity index (χ4n) is 2.35. The van der Waals surface area contributed by atoms with E-state index in [0.29, 0.717) is 15.7 Å². The quantitative estimate of drug-likeness (QED) is 0.792. The molecule has 0 heterocycles. The molecule has 0 bridgehead atoms. The van der Waals surface area contributed by atoms with Crippen LogP contribution in [0.1, 0.15) is 46.4 Å². The van der Waals surface area contributed by atoms with Crippen LogP contribution in [0.4, 0.5) is 5.69 Å². The van der Waals surface area contributed by atoms with Crippen LogP contribution in [0.25, 0.3) is 0 Å². The number of carbonyl (C=O) groups excluding carboxylic acids is 1. The first-order valence-electron chi connectivity index (χ1n) is 6.12. The Bertz CT molecular complexity index is 525. The van der Waals surface area contributed by atoms with Crippen molar-refractivity contribution in [1.29, 1.82) is 0 Å². The highest BCUT2D eigenvalue weighted by molar-refractivity contribution is 9.10. The van der Waals surface area contributed by atoms with Crippen LogP contribution in [0, 0.1) is 0 Å². The molecule has 1 aliphatic rings. The maximum Gasteiger partial charge on any atom is 0.336 e. The van der Waals surface area contributed by atoms with Crippen molar-refractivity contribution in [3.63, 3.8) is 0 Å². The number of anilines is 1. The Morgan fingerprint density at radius 3 is 2.42 bits per heavy atom. The number of benzene rings is 1. The number of carbonyl (C=O) groups is 2. The molecule has 1 aromatic rings. The predicted molar refractivity (Wildman–Crippen MR) is 75.5 cm³/mol. The lowest BCUT2D eigenvalue weighted by Crippen LogP contribution is -2.20. The number of nitrogens with two attached hydrogens (primary N) is 1. The summed E-state index contributed by atoms with van der Waals surface area (Å²) >= 11 is 3.15. The Labute approximate surface area is 119 Å². The van der Waals surface area contributed by atoms with E-state index < -0.39 is 11.9 Å². The van der Waals surface area contributed by atoms with Gasteiger partial charge in [0, 0.05) is 16.2 Å². The predicted octanol–water partition coefficient (Wildman–Crippen LogP) is 2.60. The fourth-order valence-corrected chi connectivity index (χ4v) is 2.86. The minimum atomic E-state index is -1.04. The first-order valence-corrected chi connectivity index (χ1v) is 6.91. The van der Waals surface area contributed by atoms with Gasteiger partial charge in [-0.15, -0.1) is 0 Å². The summed E-state index contributed by atoms with van der Waals surface area (Å²) in [6.07, 6.45) is 4.34. The van der Waals surface area contributed by atoms with Crippen LogP contribution in [-0.4, -0.2) is 23.0 Å². The van der Waals surface area contributed by atoms with E-state index in [1.807, 2.05) is 0 Å². The maximum atomic E-state index is 11.4. The van der Waals surface area contributed by atoms with Gasteiger partial charge in [-0.1, -0.05) is 12.8 Å². The molecule has 1 amide bonds. The van der Waals surface area contributed by atoms with E-state index in [2.05, 4.69) is 21.2 Å². The van der Waals surface area contributed by atoms with E-state index in [4.69, 9.17) is 10.8 Å². The molecule has 1 aromatic carbocycles. The van der Waals surface area contributed by atoms with Gasteiger partial charge in [0.05, 0.1) is 11.1 Å². The zero-order valence-corrected chi connectivity index (χ0v) is 11.9. The van der Waals surface area contributed by atoms with Gasteiger partial charge in [0.2, 0.25) is 0 Å². The highest BCUT2D eigenvalue weighted by Gasteiger charge is 2.20. The van der Waals surface area contributed by atoms with Crippen LogP contribution >= 0.6 is 15.9 Å². The van der Waals surface area contributed by atoms with Gasteiger partial charge < -0.3 is 16.2 Å². The average molecular weight is 327 g/mol. The molecule has 19 heavy (non-hydrogen) atoms. The van der Waals surface area contributed by atoms with Crippen molar-refractivity contribution in [3.05, 3.63) is 27.7 Å². The van der Waals surface area contributed by atoms with Crippen LogP contribution in [0.15, 0.2) is 16.6 Å². The number of rotatable bonds is 4. The van der Waals surface area contributed by atoms with Gasteiger partial charge in [-0.3, -0.25) is 4.79 Å². The molecule has 0 atom stereocenters. The minimum Gasteiger partial charge on any atom is -0.478 e. The second-order valence-corrected chi connectivity index (χ2v) is 5.53. The molecule has 0 unspecified atom stereocenters. The number of primary amides is 1. The highest BCUT2D eigenvalue weighted by atomic mass is 79.9. The third-order valence-corrected chi connectivity index (χ3v) is 3.97. The highest BCUT2D eigenvalue weighted by Crippen LogP contribution is 2.29. The van der Waals surface area contributed by atoms with Gasteiger partial charge in [0.25, 0.3) is 5.91 Å². The van der Waals surface area contributed by atoms with Crippen molar-refractivity contribution in [1.82, 2.24) is 0 Å². The molecule has 4 N–H and O–H groups in total. The second-order valence-electron chi connectivity index (χ2n) is 4.67. The van der Waals surface area contributed by atoms with Gasteiger partial charge in [-0.05, 0) is 40.9 Å². The molecule has 1 aliphatic carbocycles. The molecule has 5 nitrogen and oxygen atoms in total. The van der Waals surface area contributed by atoms with Crippen molar-refractivity contribution in [3.8, 4) is 0 Å². The maximum absolute atomic E-state index is 11.4. The lowest BCUT2D eigenvalue weighted by atomic mass is 10.1. The van der Waals surface area contributed by atoms with E-state index in [0.717, 1.165) is 25.7 Å². The van der Waals surface area contributed by atoms with Gasteiger partial charge in [-0.2, -0.15) is 0 Å². The number of carboxylic acids is 1. The van der Waals surface area contributed by atoms with E-state index in [9.17, 15) is 9.59 Å². The molecule has 0 aromatic heterocycles. The molecule has 1 fully saturated rings. The number of hydrogen-bond donors (Lipinski definition) is 3. The molecule has 6 heteroatoms. The fraction of sp³-hybridized carbons (Fsp3) is 0.385. The summed E-state index contributed by atoms with van der Waals surface area (Å²) in [4.78, 5) is 22.6. The Morgan fingerprint density at radius 1 is 1.26 bits per heavy atom. The Balaban J connectivity index is 2.39. The summed E-state index contributed by atoms with van der Waals surface area (Å²) < 4.78 is 0.353. The number of amides is 1. The van der Waals surface area contributed by atoms with Gasteiger partial charge in [-0.25, -0.2) is 4.79 Å². The van der Waals surface area contributed by atoms with E-state index in [1.54, 1.807) is 0 Å². The van der Waals surface area contributed by atoms with Crippen molar-refractivity contribution in [2.24, 2.45) is 5.73 Å². The zero-order chi connectivity index (χ0) is 14.0. The molecule has 0 spiro atoms. The van der Waals surface area contributed by atoms with E-state index >= 15 is 0 Å². The SMILES string of the molecule is NC(=O)c1cc(Br)c(C(=O)O)cc1NC1CCCC1. The molecule has 0 aliphatic heterocycles. The van der Waals surface area contributed by atoms with E-state index in [-0.39, 0.29) is 11.6 Å². The van der Waals surface area contributed by atoms with Crippen LogP contribution in [0.3, 0.4) is 0 Å². The number of carboxylic acid groups (broad SMARTS) is 1. The zero-order valence-electron chi connectivity index (χ0n) is 10.3. The standard InChI is InChI=1S/C13H15BrN2O3/c14-10-5-9(12(15)17)11(6-8(10)13(18)19)16-7-3-1-2-4-7/h5-7,16H,1-4H2,(H2,15,17)(H,18,19). The monoisotopic (exact) mass is 326 g/mol. The average Bonchev–Trinajstić information content (AvgIpc) is 2.83. The first kappa shape index (κ1) is 13.9. The molecule has 0 saturated heterocycles. The Hall–Kier alpha value is -1.56. The smallest absolute Gasteiger partial charge is 0.336 e. The third-order valence-electron chi connectivity index (χ3n) is 3.32. The lowest BCUT2D eigenvalue weighted by molar-refractivity contribution is 0.0695. The summed E-state index contributed by atoms with van der Waals surface area (Å²) in [6.45, 7) is 0. The normalized spacial score (nSPS) is 15.4. The number of halogens is 1. The number of hydrogen-bond acceptors (Lipinski definition) is 3. The van der Waals surface area contributed by atoms with Crippen molar-refractivity contribution in [2.75, 3.05) is 5.32 Å². The van der Waals surface area contributed by atoms with Crippen LogP contribution < -0.4 is 11.1 Å². The van der Waals surface area contributed by atoms with Crippen molar-refractivity contribution < 1.29 is 14.7 Å². The van der Waals surface area contributed by atoms with Crippen LogP contribution in [0.2, 0.25) is 0 Å². The first-order chi connectivity index (χ1) is 8.99. The summed E-state index contributed by atoms with van der Waals surface area (Å²) in [5.74, 6) is -1.62. The minimum absolute atomic E-state index is 0.116. The van der Waals surface area contributed by atoms with E-state index in [1.165, 1.54) is 12.1 Å². The lowest BCUT2D eigenvalue weighted by Gasteiger charge is -2.17. The molecule has 102 valence electrons. The van der Waals surface area contributed by atoms with Gasteiger partial charge in [0.1, 0.15) is 0 Å². The third kappa shape index (κ3) is 3.07. The Kier molecular flexibility index (Phi) is 4.09. The number of nitrogens with one attached hydrogen (secondary N) is 1. The Morgan fingerprint density at radius 2 is 1.89 bits per heavy atom. The van der Waals surface area contributed by atoms with Crippen LogP contribution in [0.5, 0.6) is 0 Å².